The monoisotopic (exact) mass is 423 g/mol. The molecule has 2 aromatic rings. The van der Waals surface area contributed by atoms with Gasteiger partial charge in [0.25, 0.3) is 0 Å². The number of fused-ring (bicyclic) bond motifs is 1. The molecule has 0 radical (unpaired) electrons. The lowest BCUT2D eigenvalue weighted by molar-refractivity contribution is -0.137. The fourth-order valence-corrected chi connectivity index (χ4v) is 3.75. The van der Waals surface area contributed by atoms with Crippen molar-refractivity contribution in [1.29, 1.82) is 0 Å². The number of nitrogens with one attached hydrogen (secondary N) is 1. The van der Waals surface area contributed by atoms with Gasteiger partial charge in [0.2, 0.25) is 5.75 Å². The molecule has 0 spiro atoms. The van der Waals surface area contributed by atoms with Crippen molar-refractivity contribution in [3.63, 3.8) is 0 Å². The van der Waals surface area contributed by atoms with Crippen LogP contribution in [0.4, 0.5) is 19.0 Å². The summed E-state index contributed by atoms with van der Waals surface area (Å²) in [6.07, 6.45) is -1.71. The number of pyridine rings is 1. The van der Waals surface area contributed by atoms with E-state index in [9.17, 15) is 13.2 Å². The standard InChI is InChI=1S/C21H24F3N3O3/c1-28-17-10-14(11-18-20(17)30-9-8-29-18)12-25-16-4-6-27(7-5-16)19-3-2-15(13-26-19)21(22,23)24/h2-3,10-11,13,16,25H,4-9,12H2,1H3. The largest absolute Gasteiger partial charge is 0.493 e. The molecular formula is C21H24F3N3O3. The van der Waals surface area contributed by atoms with Gasteiger partial charge in [-0.1, -0.05) is 0 Å². The Morgan fingerprint density at radius 2 is 1.93 bits per heavy atom. The maximum Gasteiger partial charge on any atom is 0.417 e. The van der Waals surface area contributed by atoms with Crippen LogP contribution in [0.1, 0.15) is 24.0 Å². The summed E-state index contributed by atoms with van der Waals surface area (Å²) in [7, 11) is 1.61. The second-order valence-electron chi connectivity index (χ2n) is 7.37. The summed E-state index contributed by atoms with van der Waals surface area (Å²) in [5.74, 6) is 2.58. The number of aromatic nitrogens is 1. The lowest BCUT2D eigenvalue weighted by atomic mass is 10.0. The van der Waals surface area contributed by atoms with Gasteiger partial charge >= 0.3 is 6.18 Å². The molecule has 1 aromatic carbocycles. The van der Waals surface area contributed by atoms with Gasteiger partial charge in [-0.2, -0.15) is 13.2 Å². The molecule has 162 valence electrons. The van der Waals surface area contributed by atoms with E-state index >= 15 is 0 Å². The van der Waals surface area contributed by atoms with Gasteiger partial charge in [0.1, 0.15) is 19.0 Å². The third kappa shape index (κ3) is 4.56. The van der Waals surface area contributed by atoms with Gasteiger partial charge in [-0.3, -0.25) is 0 Å². The predicted molar refractivity (Wildman–Crippen MR) is 105 cm³/mol. The van der Waals surface area contributed by atoms with E-state index in [1.54, 1.807) is 7.11 Å². The Kier molecular flexibility index (Phi) is 5.90. The number of piperidine rings is 1. The van der Waals surface area contributed by atoms with Crippen LogP contribution in [0.15, 0.2) is 30.5 Å². The highest BCUT2D eigenvalue weighted by atomic mass is 19.4. The highest BCUT2D eigenvalue weighted by Gasteiger charge is 2.31. The maximum absolute atomic E-state index is 12.7. The average molecular weight is 423 g/mol. The molecule has 2 aliphatic rings. The summed E-state index contributed by atoms with van der Waals surface area (Å²) in [4.78, 5) is 6.01. The summed E-state index contributed by atoms with van der Waals surface area (Å²) in [5.41, 5.74) is 0.320. The summed E-state index contributed by atoms with van der Waals surface area (Å²) in [6, 6.07) is 6.75. The molecule has 0 amide bonds. The topological polar surface area (TPSA) is 55.9 Å². The van der Waals surface area contributed by atoms with Crippen LogP contribution in [0.5, 0.6) is 17.2 Å². The minimum Gasteiger partial charge on any atom is -0.493 e. The van der Waals surface area contributed by atoms with E-state index in [0.717, 1.165) is 43.8 Å². The lowest BCUT2D eigenvalue weighted by Gasteiger charge is -2.33. The van der Waals surface area contributed by atoms with Gasteiger partial charge in [-0.25, -0.2) is 4.98 Å². The minimum atomic E-state index is -4.36. The zero-order chi connectivity index (χ0) is 21.1. The summed E-state index contributed by atoms with van der Waals surface area (Å²) in [6.45, 7) is 3.16. The third-order valence-electron chi connectivity index (χ3n) is 5.38. The molecule has 3 heterocycles. The van der Waals surface area contributed by atoms with Gasteiger partial charge in [0, 0.05) is 31.9 Å². The highest BCUT2D eigenvalue weighted by Crippen LogP contribution is 2.40. The first-order valence-corrected chi connectivity index (χ1v) is 9.92. The van der Waals surface area contributed by atoms with Crippen LogP contribution in [0.3, 0.4) is 0 Å². The van der Waals surface area contributed by atoms with Crippen LogP contribution >= 0.6 is 0 Å². The number of benzene rings is 1. The Hall–Kier alpha value is -2.68. The summed E-state index contributed by atoms with van der Waals surface area (Å²) >= 11 is 0. The average Bonchev–Trinajstić information content (AvgIpc) is 2.77. The van der Waals surface area contributed by atoms with E-state index in [2.05, 4.69) is 10.3 Å². The van der Waals surface area contributed by atoms with E-state index in [-0.39, 0.29) is 0 Å². The SMILES string of the molecule is COc1cc(CNC2CCN(c3ccc(C(F)(F)F)cn3)CC2)cc2c1OCCO2. The Morgan fingerprint density at radius 1 is 1.17 bits per heavy atom. The fraction of sp³-hybridized carbons (Fsp3) is 0.476. The molecule has 6 nitrogen and oxygen atoms in total. The van der Waals surface area contributed by atoms with Crippen molar-refractivity contribution in [2.24, 2.45) is 0 Å². The molecule has 2 aliphatic heterocycles. The van der Waals surface area contributed by atoms with E-state index in [0.29, 0.717) is 48.9 Å². The number of hydrogen-bond donors (Lipinski definition) is 1. The molecule has 1 fully saturated rings. The Balaban J connectivity index is 1.31. The minimum absolute atomic E-state index is 0.315. The second kappa shape index (κ2) is 8.59. The summed E-state index contributed by atoms with van der Waals surface area (Å²) < 4.78 is 54.8. The van der Waals surface area contributed by atoms with E-state index in [1.807, 2.05) is 17.0 Å². The summed E-state index contributed by atoms with van der Waals surface area (Å²) in [5, 5.41) is 3.55. The van der Waals surface area contributed by atoms with Crippen LogP contribution in [0.2, 0.25) is 0 Å². The van der Waals surface area contributed by atoms with Crippen LogP contribution < -0.4 is 24.4 Å². The van der Waals surface area contributed by atoms with Crippen molar-refractivity contribution >= 4 is 5.82 Å². The van der Waals surface area contributed by atoms with E-state index < -0.39 is 11.7 Å². The molecule has 30 heavy (non-hydrogen) atoms. The quantitative estimate of drug-likeness (QED) is 0.793. The smallest absolute Gasteiger partial charge is 0.417 e. The number of anilines is 1. The number of hydrogen-bond acceptors (Lipinski definition) is 6. The Bertz CT molecular complexity index is 849. The van der Waals surface area contributed by atoms with Crippen molar-refractivity contribution in [2.45, 2.75) is 31.6 Å². The molecule has 0 aliphatic carbocycles. The second-order valence-corrected chi connectivity index (χ2v) is 7.37. The molecule has 1 aromatic heterocycles. The van der Waals surface area contributed by atoms with Crippen LogP contribution in [0, 0.1) is 0 Å². The van der Waals surface area contributed by atoms with Gasteiger partial charge < -0.3 is 24.4 Å². The molecule has 0 atom stereocenters. The third-order valence-corrected chi connectivity index (χ3v) is 5.38. The molecule has 9 heteroatoms. The molecule has 0 saturated carbocycles. The van der Waals surface area contributed by atoms with Crippen molar-refractivity contribution < 1.29 is 27.4 Å². The zero-order valence-electron chi connectivity index (χ0n) is 16.7. The normalized spacial score (nSPS) is 17.1. The Labute approximate surface area is 172 Å². The molecule has 1 saturated heterocycles. The first-order chi connectivity index (χ1) is 14.4. The van der Waals surface area contributed by atoms with E-state index in [4.69, 9.17) is 14.2 Å². The number of nitrogens with zero attached hydrogens (tertiary/aromatic N) is 2. The van der Waals surface area contributed by atoms with Gasteiger partial charge in [-0.05, 0) is 42.7 Å². The molecule has 0 unspecified atom stereocenters. The maximum atomic E-state index is 12.7. The molecule has 0 bridgehead atoms. The number of alkyl halides is 3. The lowest BCUT2D eigenvalue weighted by Crippen LogP contribution is -2.42. The van der Waals surface area contributed by atoms with Crippen molar-refractivity contribution in [2.75, 3.05) is 38.3 Å². The molecule has 1 N–H and O–H groups in total. The van der Waals surface area contributed by atoms with Gasteiger partial charge in [-0.15, -0.1) is 0 Å². The zero-order valence-corrected chi connectivity index (χ0v) is 16.7. The van der Waals surface area contributed by atoms with Crippen LogP contribution in [-0.4, -0.2) is 44.4 Å². The first-order valence-electron chi connectivity index (χ1n) is 9.92. The van der Waals surface area contributed by atoms with E-state index in [1.165, 1.54) is 6.07 Å². The predicted octanol–water partition coefficient (Wildman–Crippen LogP) is 3.64. The van der Waals surface area contributed by atoms with Gasteiger partial charge in [0.15, 0.2) is 11.5 Å². The van der Waals surface area contributed by atoms with Crippen LogP contribution in [0.25, 0.3) is 0 Å². The highest BCUT2D eigenvalue weighted by molar-refractivity contribution is 5.54. The first kappa shape index (κ1) is 20.6. The molecule has 4 rings (SSSR count). The number of rotatable bonds is 5. The van der Waals surface area contributed by atoms with Crippen molar-refractivity contribution in [1.82, 2.24) is 10.3 Å². The number of methoxy groups -OCH3 is 1. The van der Waals surface area contributed by atoms with Crippen LogP contribution in [-0.2, 0) is 12.7 Å². The number of halogens is 3. The number of ether oxygens (including phenoxy) is 3. The van der Waals surface area contributed by atoms with Gasteiger partial charge in [0.05, 0.1) is 12.7 Å². The van der Waals surface area contributed by atoms with Crippen molar-refractivity contribution in [3.05, 3.63) is 41.6 Å². The Morgan fingerprint density at radius 3 is 2.60 bits per heavy atom. The molecular weight excluding hydrogens is 399 g/mol. The fourth-order valence-electron chi connectivity index (χ4n) is 3.75. The van der Waals surface area contributed by atoms with Crippen molar-refractivity contribution in [3.8, 4) is 17.2 Å².